The van der Waals surface area contributed by atoms with Crippen molar-refractivity contribution in [2.24, 2.45) is 0 Å². The SMILES string of the molecule is COC(=O)CNc1cccc(OC(C)C)c1N. The third kappa shape index (κ3) is 3.86. The highest BCUT2D eigenvalue weighted by Crippen LogP contribution is 2.29. The van der Waals surface area contributed by atoms with Crippen molar-refractivity contribution in [3.63, 3.8) is 0 Å². The highest BCUT2D eigenvalue weighted by molar-refractivity contribution is 5.79. The highest BCUT2D eigenvalue weighted by Gasteiger charge is 2.08. The maximum atomic E-state index is 11.0. The molecule has 0 fully saturated rings. The molecule has 5 nitrogen and oxygen atoms in total. The molecule has 1 aromatic rings. The van der Waals surface area contributed by atoms with E-state index in [1.165, 1.54) is 7.11 Å². The van der Waals surface area contributed by atoms with Gasteiger partial charge in [0.2, 0.25) is 0 Å². The summed E-state index contributed by atoms with van der Waals surface area (Å²) < 4.78 is 10.1. The fourth-order valence-electron chi connectivity index (χ4n) is 1.29. The van der Waals surface area contributed by atoms with E-state index in [-0.39, 0.29) is 18.6 Å². The number of carbonyl (C=O) groups is 1. The number of methoxy groups -OCH3 is 1. The lowest BCUT2D eigenvalue weighted by Gasteiger charge is -2.15. The first-order valence-electron chi connectivity index (χ1n) is 5.40. The number of nitrogens with two attached hydrogens (primary N) is 1. The Bertz CT molecular complexity index is 391. The number of ether oxygens (including phenoxy) is 2. The topological polar surface area (TPSA) is 73.6 Å². The predicted molar refractivity (Wildman–Crippen MR) is 67.1 cm³/mol. The van der Waals surface area contributed by atoms with Gasteiger partial charge in [0.05, 0.1) is 24.6 Å². The molecule has 0 unspecified atom stereocenters. The van der Waals surface area contributed by atoms with E-state index in [4.69, 9.17) is 10.5 Å². The molecule has 0 saturated carbocycles. The van der Waals surface area contributed by atoms with E-state index >= 15 is 0 Å². The molecule has 0 aliphatic heterocycles. The zero-order valence-corrected chi connectivity index (χ0v) is 10.3. The number of nitrogens with one attached hydrogen (secondary N) is 1. The predicted octanol–water partition coefficient (Wildman–Crippen LogP) is 1.64. The first kappa shape index (κ1) is 13.2. The molecule has 3 N–H and O–H groups in total. The van der Waals surface area contributed by atoms with Crippen molar-refractivity contribution >= 4 is 17.3 Å². The van der Waals surface area contributed by atoms with Gasteiger partial charge in [-0.2, -0.15) is 0 Å². The van der Waals surface area contributed by atoms with Crippen LogP contribution in [0.5, 0.6) is 5.75 Å². The van der Waals surface area contributed by atoms with Gasteiger partial charge in [0.1, 0.15) is 12.3 Å². The van der Waals surface area contributed by atoms with Gasteiger partial charge >= 0.3 is 5.97 Å². The molecule has 1 aromatic carbocycles. The van der Waals surface area contributed by atoms with Crippen LogP contribution in [0.15, 0.2) is 18.2 Å². The number of carbonyl (C=O) groups excluding carboxylic acids is 1. The molecule has 17 heavy (non-hydrogen) atoms. The van der Waals surface area contributed by atoms with Crippen LogP contribution < -0.4 is 15.8 Å². The zero-order chi connectivity index (χ0) is 12.8. The summed E-state index contributed by atoms with van der Waals surface area (Å²) in [7, 11) is 1.34. The average molecular weight is 238 g/mol. The lowest BCUT2D eigenvalue weighted by molar-refractivity contribution is -0.138. The molecule has 0 radical (unpaired) electrons. The molecule has 0 spiro atoms. The Balaban J connectivity index is 2.76. The Morgan fingerprint density at radius 1 is 1.47 bits per heavy atom. The van der Waals surface area contributed by atoms with Gasteiger partial charge in [-0.05, 0) is 26.0 Å². The maximum Gasteiger partial charge on any atom is 0.325 e. The van der Waals surface area contributed by atoms with Gasteiger partial charge in [0, 0.05) is 0 Å². The lowest BCUT2D eigenvalue weighted by atomic mass is 10.2. The minimum absolute atomic E-state index is 0.0492. The Kier molecular flexibility index (Phi) is 4.63. The van der Waals surface area contributed by atoms with E-state index in [1.807, 2.05) is 19.9 Å². The van der Waals surface area contributed by atoms with Crippen molar-refractivity contribution in [3.8, 4) is 5.75 Å². The number of benzene rings is 1. The summed E-state index contributed by atoms with van der Waals surface area (Å²) in [5.41, 5.74) is 7.07. The molecule has 0 aliphatic rings. The van der Waals surface area contributed by atoms with E-state index in [9.17, 15) is 4.79 Å². The molecule has 0 amide bonds. The Labute approximate surface area is 101 Å². The monoisotopic (exact) mass is 238 g/mol. The zero-order valence-electron chi connectivity index (χ0n) is 10.3. The molecule has 0 bridgehead atoms. The Morgan fingerprint density at radius 2 is 2.18 bits per heavy atom. The number of rotatable bonds is 5. The summed E-state index contributed by atoms with van der Waals surface area (Å²) in [6, 6.07) is 5.39. The molecule has 1 rings (SSSR count). The number of anilines is 2. The number of esters is 1. The second-order valence-electron chi connectivity index (χ2n) is 3.81. The summed E-state index contributed by atoms with van der Waals surface area (Å²) in [6.45, 7) is 3.92. The quantitative estimate of drug-likeness (QED) is 0.602. The largest absolute Gasteiger partial charge is 0.489 e. The van der Waals surface area contributed by atoms with Crippen LogP contribution in [-0.2, 0) is 9.53 Å². The van der Waals surface area contributed by atoms with Crippen molar-refractivity contribution in [2.45, 2.75) is 20.0 Å². The number of para-hydroxylation sites is 1. The van der Waals surface area contributed by atoms with Crippen LogP contribution in [0.1, 0.15) is 13.8 Å². The van der Waals surface area contributed by atoms with Crippen LogP contribution in [0.4, 0.5) is 11.4 Å². The van der Waals surface area contributed by atoms with E-state index in [1.54, 1.807) is 12.1 Å². The van der Waals surface area contributed by atoms with E-state index in [0.29, 0.717) is 17.1 Å². The fraction of sp³-hybridized carbons (Fsp3) is 0.417. The molecule has 5 heteroatoms. The molecule has 94 valence electrons. The molecule has 0 saturated heterocycles. The van der Waals surface area contributed by atoms with Crippen LogP contribution >= 0.6 is 0 Å². The summed E-state index contributed by atoms with van der Waals surface area (Å²) in [5.74, 6) is 0.259. The highest BCUT2D eigenvalue weighted by atomic mass is 16.5. The van der Waals surface area contributed by atoms with Crippen LogP contribution in [0, 0.1) is 0 Å². The van der Waals surface area contributed by atoms with Crippen molar-refractivity contribution in [2.75, 3.05) is 24.7 Å². The molecular formula is C12H18N2O3. The van der Waals surface area contributed by atoms with Gasteiger partial charge < -0.3 is 20.5 Å². The van der Waals surface area contributed by atoms with Gasteiger partial charge in [0.15, 0.2) is 0 Å². The molecule has 0 heterocycles. The molecule has 0 aliphatic carbocycles. The van der Waals surface area contributed by atoms with Gasteiger partial charge in [-0.1, -0.05) is 6.07 Å². The first-order chi connectivity index (χ1) is 8.04. The first-order valence-corrected chi connectivity index (χ1v) is 5.40. The second-order valence-corrected chi connectivity index (χ2v) is 3.81. The van der Waals surface area contributed by atoms with E-state index in [0.717, 1.165) is 0 Å². The molecule has 0 atom stereocenters. The van der Waals surface area contributed by atoms with Gasteiger partial charge in [-0.15, -0.1) is 0 Å². The third-order valence-corrected chi connectivity index (χ3v) is 2.08. The van der Waals surface area contributed by atoms with Crippen LogP contribution in [-0.4, -0.2) is 25.7 Å². The summed E-state index contributed by atoms with van der Waals surface area (Å²) in [5, 5.41) is 2.90. The molecule has 0 aromatic heterocycles. The second kappa shape index (κ2) is 5.98. The number of hydrogen-bond donors (Lipinski definition) is 2. The van der Waals surface area contributed by atoms with Gasteiger partial charge in [-0.3, -0.25) is 4.79 Å². The summed E-state index contributed by atoms with van der Waals surface area (Å²) in [4.78, 5) is 11.0. The molecular weight excluding hydrogens is 220 g/mol. The lowest BCUT2D eigenvalue weighted by Crippen LogP contribution is -2.16. The number of hydrogen-bond acceptors (Lipinski definition) is 5. The minimum atomic E-state index is -0.348. The average Bonchev–Trinajstić information content (AvgIpc) is 2.29. The smallest absolute Gasteiger partial charge is 0.325 e. The van der Waals surface area contributed by atoms with Gasteiger partial charge in [0.25, 0.3) is 0 Å². The van der Waals surface area contributed by atoms with E-state index < -0.39 is 0 Å². The van der Waals surface area contributed by atoms with Gasteiger partial charge in [-0.25, -0.2) is 0 Å². The van der Waals surface area contributed by atoms with Crippen LogP contribution in [0.3, 0.4) is 0 Å². The van der Waals surface area contributed by atoms with Crippen molar-refractivity contribution in [1.29, 1.82) is 0 Å². The third-order valence-electron chi connectivity index (χ3n) is 2.08. The van der Waals surface area contributed by atoms with Crippen LogP contribution in [0.25, 0.3) is 0 Å². The van der Waals surface area contributed by atoms with Crippen molar-refractivity contribution < 1.29 is 14.3 Å². The Morgan fingerprint density at radius 3 is 2.76 bits per heavy atom. The van der Waals surface area contributed by atoms with Crippen molar-refractivity contribution in [1.82, 2.24) is 0 Å². The number of nitrogen functional groups attached to an aromatic ring is 1. The Hall–Kier alpha value is -1.91. The van der Waals surface area contributed by atoms with Crippen molar-refractivity contribution in [3.05, 3.63) is 18.2 Å². The fourth-order valence-corrected chi connectivity index (χ4v) is 1.29. The standard InChI is InChI=1S/C12H18N2O3/c1-8(2)17-10-6-4-5-9(12(10)13)14-7-11(15)16-3/h4-6,8,14H,7,13H2,1-3H3. The normalized spacial score (nSPS) is 10.1. The summed E-state index contributed by atoms with van der Waals surface area (Å²) in [6.07, 6.45) is 0.0492. The maximum absolute atomic E-state index is 11.0. The summed E-state index contributed by atoms with van der Waals surface area (Å²) >= 11 is 0. The minimum Gasteiger partial charge on any atom is -0.489 e. The van der Waals surface area contributed by atoms with Crippen LogP contribution in [0.2, 0.25) is 0 Å². The van der Waals surface area contributed by atoms with E-state index in [2.05, 4.69) is 10.1 Å².